The lowest BCUT2D eigenvalue weighted by Crippen LogP contribution is -2.33. The van der Waals surface area contributed by atoms with Gasteiger partial charge in [-0.15, -0.1) is 11.3 Å². The first-order valence-corrected chi connectivity index (χ1v) is 7.16. The molecule has 2 rings (SSSR count). The SMILES string of the molecule is CCc1nc(C2(N)CCC(CC)C2)sc1C. The molecule has 0 saturated heterocycles. The van der Waals surface area contributed by atoms with Crippen molar-refractivity contribution >= 4 is 11.3 Å². The molecule has 2 N–H and O–H groups in total. The first-order valence-electron chi connectivity index (χ1n) is 6.34. The number of aryl methyl sites for hydroxylation is 2. The van der Waals surface area contributed by atoms with Gasteiger partial charge in [0, 0.05) is 4.88 Å². The molecule has 1 aromatic rings. The molecule has 0 radical (unpaired) electrons. The fourth-order valence-corrected chi connectivity index (χ4v) is 3.83. The quantitative estimate of drug-likeness (QED) is 0.876. The Morgan fingerprint density at radius 1 is 1.50 bits per heavy atom. The smallest absolute Gasteiger partial charge is 0.113 e. The normalized spacial score (nSPS) is 29.9. The van der Waals surface area contributed by atoms with E-state index in [2.05, 4.69) is 20.8 Å². The van der Waals surface area contributed by atoms with E-state index in [0.29, 0.717) is 0 Å². The Bertz CT molecular complexity index is 372. The van der Waals surface area contributed by atoms with E-state index in [0.717, 1.165) is 25.2 Å². The molecule has 1 saturated carbocycles. The Morgan fingerprint density at radius 2 is 2.25 bits per heavy atom. The molecule has 0 aliphatic heterocycles. The highest BCUT2D eigenvalue weighted by atomic mass is 32.1. The van der Waals surface area contributed by atoms with Crippen LogP contribution in [0.25, 0.3) is 0 Å². The number of rotatable bonds is 3. The fourth-order valence-electron chi connectivity index (χ4n) is 2.69. The van der Waals surface area contributed by atoms with Crippen molar-refractivity contribution in [1.82, 2.24) is 4.98 Å². The van der Waals surface area contributed by atoms with E-state index in [4.69, 9.17) is 10.7 Å². The molecule has 0 amide bonds. The first-order chi connectivity index (χ1) is 7.59. The number of hydrogen-bond donors (Lipinski definition) is 1. The summed E-state index contributed by atoms with van der Waals surface area (Å²) in [6, 6.07) is 0. The number of hydrogen-bond acceptors (Lipinski definition) is 3. The standard InChI is InChI=1S/C13H22N2S/c1-4-10-6-7-13(14,8-10)12-15-11(5-2)9(3)16-12/h10H,4-8,14H2,1-3H3. The predicted octanol–water partition coefficient (Wildman–Crippen LogP) is 3.38. The van der Waals surface area contributed by atoms with Crippen LogP contribution < -0.4 is 5.73 Å². The summed E-state index contributed by atoms with van der Waals surface area (Å²) in [6.45, 7) is 6.59. The van der Waals surface area contributed by atoms with Crippen molar-refractivity contribution in [2.24, 2.45) is 11.7 Å². The Hall–Kier alpha value is -0.410. The molecule has 1 heterocycles. The zero-order valence-corrected chi connectivity index (χ0v) is 11.4. The van der Waals surface area contributed by atoms with Gasteiger partial charge in [-0.25, -0.2) is 4.98 Å². The molecule has 2 atom stereocenters. The van der Waals surface area contributed by atoms with Gasteiger partial charge in [0.15, 0.2) is 0 Å². The van der Waals surface area contributed by atoms with Crippen molar-refractivity contribution in [3.05, 3.63) is 15.6 Å². The second-order valence-electron chi connectivity index (χ2n) is 5.05. The van der Waals surface area contributed by atoms with Crippen molar-refractivity contribution in [3.63, 3.8) is 0 Å². The van der Waals surface area contributed by atoms with Crippen LogP contribution in [0.2, 0.25) is 0 Å². The maximum absolute atomic E-state index is 6.53. The van der Waals surface area contributed by atoms with E-state index in [1.54, 1.807) is 0 Å². The van der Waals surface area contributed by atoms with E-state index >= 15 is 0 Å². The molecular formula is C13H22N2S. The zero-order valence-electron chi connectivity index (χ0n) is 10.5. The van der Waals surface area contributed by atoms with Crippen molar-refractivity contribution in [2.75, 3.05) is 0 Å². The summed E-state index contributed by atoms with van der Waals surface area (Å²) in [7, 11) is 0. The van der Waals surface area contributed by atoms with Crippen LogP contribution >= 0.6 is 11.3 Å². The number of thiazole rings is 1. The largest absolute Gasteiger partial charge is 0.319 e. The molecule has 0 bridgehead atoms. The van der Waals surface area contributed by atoms with Crippen LogP contribution in [0.3, 0.4) is 0 Å². The minimum atomic E-state index is -0.122. The highest BCUT2D eigenvalue weighted by molar-refractivity contribution is 7.11. The Labute approximate surface area is 102 Å². The monoisotopic (exact) mass is 238 g/mol. The van der Waals surface area contributed by atoms with Crippen LogP contribution in [0.15, 0.2) is 0 Å². The van der Waals surface area contributed by atoms with Gasteiger partial charge in [0.1, 0.15) is 5.01 Å². The van der Waals surface area contributed by atoms with Gasteiger partial charge in [-0.3, -0.25) is 0 Å². The molecule has 1 fully saturated rings. The topological polar surface area (TPSA) is 38.9 Å². The van der Waals surface area contributed by atoms with Crippen LogP contribution in [0.5, 0.6) is 0 Å². The molecule has 3 heteroatoms. The number of nitrogens with two attached hydrogens (primary N) is 1. The van der Waals surface area contributed by atoms with E-state index in [1.165, 1.54) is 28.4 Å². The van der Waals surface area contributed by atoms with Crippen molar-refractivity contribution in [3.8, 4) is 0 Å². The molecule has 1 aromatic heterocycles. The molecule has 0 aromatic carbocycles. The van der Waals surface area contributed by atoms with Crippen LogP contribution in [0.4, 0.5) is 0 Å². The van der Waals surface area contributed by atoms with Gasteiger partial charge in [0.25, 0.3) is 0 Å². The molecule has 0 spiro atoms. The molecule has 1 aliphatic rings. The van der Waals surface area contributed by atoms with Gasteiger partial charge >= 0.3 is 0 Å². The predicted molar refractivity (Wildman–Crippen MR) is 69.7 cm³/mol. The zero-order chi connectivity index (χ0) is 11.8. The summed E-state index contributed by atoms with van der Waals surface area (Å²) in [6.07, 6.45) is 5.79. The molecule has 90 valence electrons. The average molecular weight is 238 g/mol. The summed E-state index contributed by atoms with van der Waals surface area (Å²) < 4.78 is 0. The summed E-state index contributed by atoms with van der Waals surface area (Å²) in [5.41, 5.74) is 7.65. The lowest BCUT2D eigenvalue weighted by atomic mass is 9.97. The minimum Gasteiger partial charge on any atom is -0.319 e. The summed E-state index contributed by atoms with van der Waals surface area (Å²) in [5, 5.41) is 1.18. The van der Waals surface area contributed by atoms with Gasteiger partial charge < -0.3 is 5.73 Å². The summed E-state index contributed by atoms with van der Waals surface area (Å²) in [4.78, 5) is 6.09. The van der Waals surface area contributed by atoms with Gasteiger partial charge in [0.05, 0.1) is 11.2 Å². The molecule has 2 unspecified atom stereocenters. The Balaban J connectivity index is 2.23. The van der Waals surface area contributed by atoms with Crippen LogP contribution in [0.1, 0.15) is 55.1 Å². The van der Waals surface area contributed by atoms with Gasteiger partial charge in [0.2, 0.25) is 0 Å². The molecule has 1 aliphatic carbocycles. The van der Waals surface area contributed by atoms with Crippen molar-refractivity contribution < 1.29 is 0 Å². The number of nitrogens with zero attached hydrogens (tertiary/aromatic N) is 1. The highest BCUT2D eigenvalue weighted by Gasteiger charge is 2.38. The average Bonchev–Trinajstić information content (AvgIpc) is 2.83. The summed E-state index contributed by atoms with van der Waals surface area (Å²) in [5.74, 6) is 0.805. The lowest BCUT2D eigenvalue weighted by Gasteiger charge is -2.21. The second kappa shape index (κ2) is 4.46. The summed E-state index contributed by atoms with van der Waals surface area (Å²) >= 11 is 1.81. The second-order valence-corrected chi connectivity index (χ2v) is 6.25. The molecular weight excluding hydrogens is 216 g/mol. The van der Waals surface area contributed by atoms with E-state index in [-0.39, 0.29) is 5.54 Å². The van der Waals surface area contributed by atoms with Crippen LogP contribution in [-0.4, -0.2) is 4.98 Å². The maximum Gasteiger partial charge on any atom is 0.113 e. The van der Waals surface area contributed by atoms with E-state index < -0.39 is 0 Å². The third-order valence-corrected chi connectivity index (χ3v) is 5.12. The lowest BCUT2D eigenvalue weighted by molar-refractivity contribution is 0.422. The van der Waals surface area contributed by atoms with Crippen molar-refractivity contribution in [1.29, 1.82) is 0 Å². The Kier molecular flexibility index (Phi) is 3.36. The fraction of sp³-hybridized carbons (Fsp3) is 0.769. The molecule has 2 nitrogen and oxygen atoms in total. The highest BCUT2D eigenvalue weighted by Crippen LogP contribution is 2.43. The first kappa shape index (κ1) is 12.1. The van der Waals surface area contributed by atoms with E-state index in [1.807, 2.05) is 11.3 Å². The third-order valence-electron chi connectivity index (χ3n) is 3.88. The molecule has 16 heavy (non-hydrogen) atoms. The van der Waals surface area contributed by atoms with Crippen LogP contribution in [-0.2, 0) is 12.0 Å². The third kappa shape index (κ3) is 2.03. The minimum absolute atomic E-state index is 0.122. The Morgan fingerprint density at radius 3 is 2.75 bits per heavy atom. The van der Waals surface area contributed by atoms with Crippen LogP contribution in [0, 0.1) is 12.8 Å². The van der Waals surface area contributed by atoms with Gasteiger partial charge in [-0.1, -0.05) is 20.3 Å². The van der Waals surface area contributed by atoms with Crippen molar-refractivity contribution in [2.45, 2.75) is 58.4 Å². The van der Waals surface area contributed by atoms with Gasteiger partial charge in [-0.05, 0) is 38.5 Å². The van der Waals surface area contributed by atoms with E-state index in [9.17, 15) is 0 Å². The maximum atomic E-state index is 6.53. The van der Waals surface area contributed by atoms with Gasteiger partial charge in [-0.2, -0.15) is 0 Å². The number of aromatic nitrogens is 1.